The van der Waals surface area contributed by atoms with Crippen LogP contribution in [-0.4, -0.2) is 36.2 Å². The molecular weight excluding hydrogens is 384 g/mol. The molecule has 0 aliphatic carbocycles. The fraction of sp³-hybridized carbons (Fsp3) is 0.417. The molecule has 1 N–H and O–H groups in total. The Kier molecular flexibility index (Phi) is 6.31. The van der Waals surface area contributed by atoms with E-state index in [-0.39, 0.29) is 11.7 Å². The molecule has 2 aromatic rings. The van der Waals surface area contributed by atoms with E-state index in [0.717, 1.165) is 43.2 Å². The third-order valence-corrected chi connectivity index (χ3v) is 6.43. The van der Waals surface area contributed by atoms with Gasteiger partial charge in [-0.1, -0.05) is 41.9 Å². The topological polar surface area (TPSA) is 49.4 Å². The van der Waals surface area contributed by atoms with E-state index in [4.69, 9.17) is 11.6 Å². The molecule has 0 aromatic heterocycles. The second-order valence-electron chi connectivity index (χ2n) is 8.19. The lowest BCUT2D eigenvalue weighted by atomic mass is 9.90. The predicted octanol–water partition coefficient (Wildman–Crippen LogP) is 4.75. The van der Waals surface area contributed by atoms with E-state index in [9.17, 15) is 9.59 Å². The van der Waals surface area contributed by atoms with Crippen molar-refractivity contribution in [2.45, 2.75) is 38.5 Å². The Bertz CT molecular complexity index is 889. The maximum absolute atomic E-state index is 12.8. The largest absolute Gasteiger partial charge is 0.326 e. The maximum atomic E-state index is 12.8. The number of nitrogens with zero attached hydrogens (tertiary/aromatic N) is 1. The Hall–Kier alpha value is -2.17. The molecule has 0 bridgehead atoms. The van der Waals surface area contributed by atoms with Crippen LogP contribution in [0.3, 0.4) is 0 Å². The van der Waals surface area contributed by atoms with Gasteiger partial charge in [0.2, 0.25) is 5.91 Å². The number of halogens is 1. The van der Waals surface area contributed by atoms with Crippen LogP contribution < -0.4 is 5.32 Å². The minimum atomic E-state index is 0.00306. The molecule has 5 heteroatoms. The highest BCUT2D eigenvalue weighted by Gasteiger charge is 2.22. The SMILES string of the molecule is O=C1CCc2cc(C(=O)CCN3CCC(Cc4ccccc4)CC3)c(Cl)cc2N1. The molecule has 29 heavy (non-hydrogen) atoms. The molecular formula is C24H27ClN2O2. The van der Waals surface area contributed by atoms with Gasteiger partial charge in [-0.15, -0.1) is 0 Å². The summed E-state index contributed by atoms with van der Waals surface area (Å²) in [6, 6.07) is 14.3. The number of likely N-dealkylation sites (tertiary alicyclic amines) is 1. The van der Waals surface area contributed by atoms with Gasteiger partial charge < -0.3 is 10.2 Å². The monoisotopic (exact) mass is 410 g/mol. The number of ketones is 1. The fourth-order valence-corrected chi connectivity index (χ4v) is 4.64. The number of anilines is 1. The van der Waals surface area contributed by atoms with Crippen molar-refractivity contribution < 1.29 is 9.59 Å². The number of hydrogen-bond donors (Lipinski definition) is 1. The first kappa shape index (κ1) is 20.1. The minimum Gasteiger partial charge on any atom is -0.326 e. The van der Waals surface area contributed by atoms with Crippen LogP contribution in [-0.2, 0) is 17.6 Å². The Morgan fingerprint density at radius 3 is 2.62 bits per heavy atom. The van der Waals surface area contributed by atoms with Crippen LogP contribution in [0.4, 0.5) is 5.69 Å². The van der Waals surface area contributed by atoms with E-state index in [1.165, 1.54) is 18.4 Å². The molecule has 0 radical (unpaired) electrons. The normalized spacial score (nSPS) is 17.6. The van der Waals surface area contributed by atoms with Crippen molar-refractivity contribution in [2.24, 2.45) is 5.92 Å². The molecule has 0 saturated carbocycles. The summed E-state index contributed by atoms with van der Waals surface area (Å²) < 4.78 is 0. The summed E-state index contributed by atoms with van der Waals surface area (Å²) in [6.45, 7) is 2.88. The van der Waals surface area contributed by atoms with Gasteiger partial charge in [-0.05, 0) is 68.0 Å². The number of fused-ring (bicyclic) bond motifs is 1. The van der Waals surface area contributed by atoms with E-state index in [2.05, 4.69) is 40.5 Å². The molecule has 0 atom stereocenters. The van der Waals surface area contributed by atoms with Gasteiger partial charge in [0.05, 0.1) is 5.02 Å². The van der Waals surface area contributed by atoms with Gasteiger partial charge in [-0.25, -0.2) is 0 Å². The van der Waals surface area contributed by atoms with Crippen molar-refractivity contribution in [2.75, 3.05) is 25.0 Å². The van der Waals surface area contributed by atoms with E-state index >= 15 is 0 Å². The number of carbonyl (C=O) groups is 2. The van der Waals surface area contributed by atoms with E-state index in [0.29, 0.717) is 29.8 Å². The summed E-state index contributed by atoms with van der Waals surface area (Å²) in [4.78, 5) is 26.7. The van der Waals surface area contributed by atoms with Crippen LogP contribution in [0.5, 0.6) is 0 Å². The van der Waals surface area contributed by atoms with Gasteiger partial charge >= 0.3 is 0 Å². The smallest absolute Gasteiger partial charge is 0.224 e. The highest BCUT2D eigenvalue weighted by molar-refractivity contribution is 6.34. The molecule has 152 valence electrons. The lowest BCUT2D eigenvalue weighted by Crippen LogP contribution is -2.35. The number of piperidine rings is 1. The first-order chi connectivity index (χ1) is 14.1. The number of nitrogens with one attached hydrogen (secondary N) is 1. The van der Waals surface area contributed by atoms with Crippen LogP contribution in [0.15, 0.2) is 42.5 Å². The number of carbonyl (C=O) groups excluding carboxylic acids is 2. The molecule has 2 aromatic carbocycles. The summed E-state index contributed by atoms with van der Waals surface area (Å²) in [6.07, 6.45) is 5.11. The van der Waals surface area contributed by atoms with Crippen LogP contribution in [0, 0.1) is 5.92 Å². The number of Topliss-reactive ketones (excluding diaryl/α,β-unsaturated/α-hetero) is 1. The van der Waals surface area contributed by atoms with Crippen molar-refractivity contribution in [3.63, 3.8) is 0 Å². The molecule has 0 spiro atoms. The number of rotatable bonds is 6. The molecule has 1 amide bonds. The van der Waals surface area contributed by atoms with Gasteiger partial charge in [-0.3, -0.25) is 9.59 Å². The van der Waals surface area contributed by atoms with Crippen molar-refractivity contribution in [3.05, 3.63) is 64.2 Å². The van der Waals surface area contributed by atoms with Crippen LogP contribution in [0.1, 0.15) is 47.2 Å². The molecule has 1 fully saturated rings. The number of aryl methyl sites for hydroxylation is 1. The molecule has 2 aliphatic rings. The second kappa shape index (κ2) is 9.10. The Labute approximate surface area is 177 Å². The first-order valence-electron chi connectivity index (χ1n) is 10.5. The highest BCUT2D eigenvalue weighted by Crippen LogP contribution is 2.30. The van der Waals surface area contributed by atoms with E-state index < -0.39 is 0 Å². The van der Waals surface area contributed by atoms with Gasteiger partial charge in [0.25, 0.3) is 0 Å². The molecule has 4 nitrogen and oxygen atoms in total. The zero-order valence-corrected chi connectivity index (χ0v) is 17.4. The van der Waals surface area contributed by atoms with Crippen LogP contribution in [0.25, 0.3) is 0 Å². The third-order valence-electron chi connectivity index (χ3n) is 6.12. The van der Waals surface area contributed by atoms with Gasteiger partial charge in [-0.2, -0.15) is 0 Å². The number of hydrogen-bond acceptors (Lipinski definition) is 3. The van der Waals surface area contributed by atoms with E-state index in [1.807, 2.05) is 6.07 Å². The summed E-state index contributed by atoms with van der Waals surface area (Å²) in [5, 5.41) is 3.26. The van der Waals surface area contributed by atoms with E-state index in [1.54, 1.807) is 6.07 Å². The standard InChI is InChI=1S/C24H27ClN2O2/c25-21-16-22-19(6-7-24(29)26-22)15-20(21)23(28)10-13-27-11-8-18(9-12-27)14-17-4-2-1-3-5-17/h1-5,15-16,18H,6-14H2,(H,26,29). The average molecular weight is 411 g/mol. The maximum Gasteiger partial charge on any atom is 0.224 e. The summed E-state index contributed by atoms with van der Waals surface area (Å²) in [7, 11) is 0. The van der Waals surface area contributed by atoms with Gasteiger partial charge in [0, 0.05) is 30.6 Å². The fourth-order valence-electron chi connectivity index (χ4n) is 4.37. The van der Waals surface area contributed by atoms with Crippen LogP contribution in [0.2, 0.25) is 5.02 Å². The van der Waals surface area contributed by atoms with Crippen molar-refractivity contribution in [1.29, 1.82) is 0 Å². The Morgan fingerprint density at radius 1 is 1.10 bits per heavy atom. The lowest BCUT2D eigenvalue weighted by molar-refractivity contribution is -0.116. The molecule has 2 aliphatic heterocycles. The molecule has 0 unspecified atom stereocenters. The zero-order valence-electron chi connectivity index (χ0n) is 16.6. The molecule has 1 saturated heterocycles. The summed E-state index contributed by atoms with van der Waals surface area (Å²) >= 11 is 6.34. The van der Waals surface area contributed by atoms with Gasteiger partial charge in [0.1, 0.15) is 0 Å². The highest BCUT2D eigenvalue weighted by atomic mass is 35.5. The minimum absolute atomic E-state index is 0.00306. The Balaban J connectivity index is 1.28. The average Bonchev–Trinajstić information content (AvgIpc) is 2.73. The number of benzene rings is 2. The van der Waals surface area contributed by atoms with Crippen LogP contribution >= 0.6 is 11.6 Å². The quantitative estimate of drug-likeness (QED) is 0.699. The molecule has 2 heterocycles. The number of amides is 1. The first-order valence-corrected chi connectivity index (χ1v) is 10.9. The Morgan fingerprint density at radius 2 is 1.86 bits per heavy atom. The second-order valence-corrected chi connectivity index (χ2v) is 8.59. The van der Waals surface area contributed by atoms with Crippen molar-refractivity contribution >= 4 is 29.0 Å². The van der Waals surface area contributed by atoms with Crippen molar-refractivity contribution in [3.8, 4) is 0 Å². The van der Waals surface area contributed by atoms with Crippen molar-refractivity contribution in [1.82, 2.24) is 4.90 Å². The lowest BCUT2D eigenvalue weighted by Gasteiger charge is -2.32. The third kappa shape index (κ3) is 5.06. The van der Waals surface area contributed by atoms with Gasteiger partial charge in [0.15, 0.2) is 5.78 Å². The molecule has 4 rings (SSSR count). The summed E-state index contributed by atoms with van der Waals surface area (Å²) in [5.74, 6) is 0.819. The summed E-state index contributed by atoms with van der Waals surface area (Å²) in [5.41, 5.74) is 3.74. The zero-order chi connectivity index (χ0) is 20.2. The predicted molar refractivity (Wildman–Crippen MR) is 117 cm³/mol.